The van der Waals surface area contributed by atoms with Crippen molar-refractivity contribution in [2.75, 3.05) is 26.1 Å². The van der Waals surface area contributed by atoms with Crippen LogP contribution in [0.3, 0.4) is 0 Å². The molecule has 13 heteroatoms. The number of benzene rings is 2. The van der Waals surface area contributed by atoms with Gasteiger partial charge in [-0.1, -0.05) is 25.1 Å². The normalized spacial score (nSPS) is 24.3. The van der Waals surface area contributed by atoms with Crippen molar-refractivity contribution in [2.24, 2.45) is 0 Å². The Labute approximate surface area is 238 Å². The Morgan fingerprint density at radius 1 is 1.32 bits per heavy atom. The van der Waals surface area contributed by atoms with Crippen LogP contribution in [0.25, 0.3) is 22.2 Å². The first-order valence-electron chi connectivity index (χ1n) is 13.4. The maximum atomic E-state index is 15.3. The molecule has 0 spiro atoms. The van der Waals surface area contributed by atoms with Gasteiger partial charge in [-0.2, -0.15) is 5.26 Å². The summed E-state index contributed by atoms with van der Waals surface area (Å²) < 4.78 is 32.4. The molecule has 3 aliphatic heterocycles. The molecule has 1 amide bonds. The van der Waals surface area contributed by atoms with Crippen LogP contribution in [0.1, 0.15) is 18.9 Å². The molecule has 2 aromatic carbocycles. The summed E-state index contributed by atoms with van der Waals surface area (Å²) in [6.07, 6.45) is 1.89. The number of carbonyl (C=O) groups excluding carboxylic acids is 1. The number of amides is 1. The SMILES string of the molecule is CCCOCCn1c(=O)oc2ccc(-c3ccc(C[C@@]4(C#N)SC4NC(=O)[Si]4C[Si]5COC[C@@H]5N4)c(F)c3)cc21. The van der Waals surface area contributed by atoms with E-state index in [9.17, 15) is 14.9 Å². The van der Waals surface area contributed by atoms with Crippen LogP contribution in [0.5, 0.6) is 0 Å². The fourth-order valence-corrected chi connectivity index (χ4v) is 13.9. The third-order valence-electron chi connectivity index (χ3n) is 7.55. The maximum absolute atomic E-state index is 15.3. The predicted molar refractivity (Wildman–Crippen MR) is 153 cm³/mol. The standard InChI is InChI=1S/C27H29FN4O5SSi2/c1-2-8-35-9-7-32-21-11-18(5-6-22(21)37-26(32)34)17-3-4-19(20(28)10-17)12-27(14-29)24(38-27)30-25(33)40-16-39-15-36-13-23(39)31-40/h3-6,10-11,23-24,31H,2,7-9,12-13,15-16H2,1H3,(H,30,33)/t23-,24?,27+/m1/s1. The molecule has 3 aliphatic rings. The number of aromatic nitrogens is 1. The first kappa shape index (κ1) is 27.4. The van der Waals surface area contributed by atoms with Gasteiger partial charge < -0.3 is 24.2 Å². The fourth-order valence-electron chi connectivity index (χ4n) is 5.27. The van der Waals surface area contributed by atoms with Gasteiger partial charge in [0, 0.05) is 24.9 Å². The molecule has 0 bridgehead atoms. The number of rotatable bonds is 10. The molecule has 3 atom stereocenters. The van der Waals surface area contributed by atoms with Crippen LogP contribution < -0.4 is 16.1 Å². The molecule has 2 radical (unpaired) electrons. The summed E-state index contributed by atoms with van der Waals surface area (Å²) in [6.45, 7) is 4.09. The van der Waals surface area contributed by atoms with E-state index >= 15 is 4.39 Å². The Morgan fingerprint density at radius 2 is 2.15 bits per heavy atom. The van der Waals surface area contributed by atoms with Gasteiger partial charge in [-0.3, -0.25) is 9.36 Å². The van der Waals surface area contributed by atoms with Crippen LogP contribution in [0, 0.1) is 17.1 Å². The van der Waals surface area contributed by atoms with E-state index in [1.165, 1.54) is 22.4 Å². The molecule has 3 aromatic rings. The highest BCUT2D eigenvalue weighted by Crippen LogP contribution is 2.54. The van der Waals surface area contributed by atoms with Crippen molar-refractivity contribution in [1.29, 1.82) is 5.26 Å². The zero-order chi connectivity index (χ0) is 27.9. The largest absolute Gasteiger partial charge is 0.420 e. The van der Waals surface area contributed by atoms with E-state index in [1.54, 1.807) is 18.2 Å². The summed E-state index contributed by atoms with van der Waals surface area (Å²) in [5, 5.41) is 12.6. The second kappa shape index (κ2) is 11.3. The summed E-state index contributed by atoms with van der Waals surface area (Å²) in [5.74, 6) is -0.868. The third-order valence-corrected chi connectivity index (χ3v) is 15.7. The molecule has 208 valence electrons. The zero-order valence-electron chi connectivity index (χ0n) is 22.0. The number of carbonyl (C=O) groups is 1. The number of halogens is 1. The third kappa shape index (κ3) is 5.31. The van der Waals surface area contributed by atoms with E-state index in [-0.39, 0.29) is 17.3 Å². The first-order chi connectivity index (χ1) is 19.4. The molecule has 3 fully saturated rings. The molecule has 1 aromatic heterocycles. The van der Waals surface area contributed by atoms with Crippen molar-refractivity contribution in [1.82, 2.24) is 14.9 Å². The monoisotopic (exact) mass is 596 g/mol. The maximum Gasteiger partial charge on any atom is 0.420 e. The predicted octanol–water partition coefficient (Wildman–Crippen LogP) is 3.10. The average Bonchev–Trinajstić information content (AvgIpc) is 3.24. The minimum Gasteiger partial charge on any atom is -0.408 e. The fraction of sp³-hybridized carbons (Fsp3) is 0.444. The van der Waals surface area contributed by atoms with Gasteiger partial charge in [0.15, 0.2) is 5.58 Å². The summed E-state index contributed by atoms with van der Waals surface area (Å²) in [6, 6.07) is 12.6. The molecule has 0 aliphatic carbocycles. The molecule has 4 heterocycles. The van der Waals surface area contributed by atoms with Gasteiger partial charge >= 0.3 is 5.76 Å². The molecule has 6 rings (SSSR count). The molecule has 2 N–H and O–H groups in total. The van der Waals surface area contributed by atoms with E-state index in [0.29, 0.717) is 54.3 Å². The van der Waals surface area contributed by atoms with Crippen LogP contribution in [0.2, 0.25) is 5.67 Å². The molecule has 0 saturated carbocycles. The second-order valence-electron chi connectivity index (χ2n) is 10.3. The van der Waals surface area contributed by atoms with Crippen molar-refractivity contribution in [3.05, 3.63) is 58.3 Å². The number of ether oxygens (including phenoxy) is 2. The van der Waals surface area contributed by atoms with Crippen LogP contribution in [0.4, 0.5) is 9.18 Å². The highest BCUT2D eigenvalue weighted by atomic mass is 32.2. The Morgan fingerprint density at radius 3 is 2.92 bits per heavy atom. The molecule has 40 heavy (non-hydrogen) atoms. The number of nitrogens with one attached hydrogen (secondary N) is 2. The van der Waals surface area contributed by atoms with E-state index in [4.69, 9.17) is 13.9 Å². The van der Waals surface area contributed by atoms with Gasteiger partial charge in [0.25, 0.3) is 0 Å². The Hall–Kier alpha value is -2.74. The van der Waals surface area contributed by atoms with Gasteiger partial charge in [0.1, 0.15) is 24.7 Å². The van der Waals surface area contributed by atoms with Crippen LogP contribution in [0.15, 0.2) is 45.6 Å². The van der Waals surface area contributed by atoms with Crippen molar-refractivity contribution in [2.45, 2.75) is 47.8 Å². The Balaban J connectivity index is 1.13. The number of oxazole rings is 1. The van der Waals surface area contributed by atoms with Gasteiger partial charge in [0.05, 0.1) is 31.3 Å². The van der Waals surface area contributed by atoms with Gasteiger partial charge in [0.2, 0.25) is 14.5 Å². The van der Waals surface area contributed by atoms with Crippen LogP contribution in [-0.4, -0.2) is 69.7 Å². The van der Waals surface area contributed by atoms with Crippen molar-refractivity contribution >= 4 is 46.1 Å². The molecule has 1 unspecified atom stereocenters. The van der Waals surface area contributed by atoms with Gasteiger partial charge in [-0.05, 0) is 47.0 Å². The van der Waals surface area contributed by atoms with Crippen molar-refractivity contribution in [3.63, 3.8) is 0 Å². The lowest BCUT2D eigenvalue weighted by Gasteiger charge is -2.13. The number of nitrogens with zero attached hydrogens (tertiary/aromatic N) is 2. The highest BCUT2D eigenvalue weighted by molar-refractivity contribution is 8.09. The summed E-state index contributed by atoms with van der Waals surface area (Å²) in [7, 11) is -2.03. The van der Waals surface area contributed by atoms with Crippen molar-refractivity contribution in [3.8, 4) is 17.2 Å². The van der Waals surface area contributed by atoms with E-state index in [1.807, 2.05) is 19.1 Å². The Bertz CT molecular complexity index is 1530. The molecular formula is C27H29FN4O5SSi2. The van der Waals surface area contributed by atoms with Gasteiger partial charge in [-0.25, -0.2) is 9.18 Å². The number of thioether (sulfide) groups is 1. The number of fused-ring (bicyclic) bond motifs is 2. The number of hydrogen-bond acceptors (Lipinski definition) is 8. The first-order valence-corrected chi connectivity index (χ1v) is 17.9. The van der Waals surface area contributed by atoms with E-state index in [0.717, 1.165) is 23.9 Å². The molecule has 3 saturated heterocycles. The number of nitriles is 1. The summed E-state index contributed by atoms with van der Waals surface area (Å²) in [4.78, 5) is 28.7. The van der Waals surface area contributed by atoms with E-state index < -0.39 is 34.1 Å². The quantitative estimate of drug-likeness (QED) is 0.208. The summed E-state index contributed by atoms with van der Waals surface area (Å²) >= 11 is 1.37. The topological polar surface area (TPSA) is 119 Å². The highest BCUT2D eigenvalue weighted by Gasteiger charge is 2.58. The lowest BCUT2D eigenvalue weighted by molar-refractivity contribution is 0.126. The lowest BCUT2D eigenvalue weighted by Crippen LogP contribution is -2.48. The minimum absolute atomic E-state index is 0.00684. The smallest absolute Gasteiger partial charge is 0.408 e. The molecule has 9 nitrogen and oxygen atoms in total. The van der Waals surface area contributed by atoms with E-state index in [2.05, 4.69) is 16.4 Å². The van der Waals surface area contributed by atoms with Crippen molar-refractivity contribution < 1.29 is 23.1 Å². The summed E-state index contributed by atoms with van der Waals surface area (Å²) in [5.41, 5.74) is 4.19. The average molecular weight is 597 g/mol. The van der Waals surface area contributed by atoms with Gasteiger partial charge in [-0.15, -0.1) is 11.8 Å². The second-order valence-corrected chi connectivity index (χ2v) is 17.1. The van der Waals surface area contributed by atoms with Crippen LogP contribution in [-0.2, 0) is 22.4 Å². The lowest BCUT2D eigenvalue weighted by atomic mass is 9.97. The van der Waals surface area contributed by atoms with Crippen LogP contribution >= 0.6 is 11.8 Å². The Kier molecular flexibility index (Phi) is 7.73. The number of hydrogen-bond donors (Lipinski definition) is 2. The minimum atomic E-state index is -1.37. The zero-order valence-corrected chi connectivity index (χ0v) is 24.8. The molecular weight excluding hydrogens is 568 g/mol.